The number of imidazole rings is 1. The highest BCUT2D eigenvalue weighted by molar-refractivity contribution is 7.72. The predicted octanol–water partition coefficient (Wildman–Crippen LogP) is 3.81. The Kier molecular flexibility index (Phi) is 8.69. The van der Waals surface area contributed by atoms with Crippen molar-refractivity contribution in [3.63, 3.8) is 0 Å². The molecule has 0 radical (unpaired) electrons. The van der Waals surface area contributed by atoms with Crippen LogP contribution in [0.25, 0.3) is 0 Å². The first-order valence-electron chi connectivity index (χ1n) is 7.71. The van der Waals surface area contributed by atoms with Gasteiger partial charge in [-0.05, 0) is 27.7 Å². The number of nitrogens with zero attached hydrogens (tertiary/aromatic N) is 1. The monoisotopic (exact) mass is 368 g/mol. The first-order chi connectivity index (χ1) is 11.0. The van der Waals surface area contributed by atoms with Crippen molar-refractivity contribution in [2.45, 2.75) is 39.5 Å². The molecular formula is C13H26N2O6P2. The molecule has 1 aromatic heterocycles. The van der Waals surface area contributed by atoms with E-state index < -0.39 is 20.6 Å². The molecule has 0 saturated heterocycles. The highest BCUT2D eigenvalue weighted by Gasteiger charge is 2.51. The highest BCUT2D eigenvalue weighted by Crippen LogP contribution is 2.71. The van der Waals surface area contributed by atoms with Crippen molar-refractivity contribution in [2.75, 3.05) is 26.4 Å². The number of H-pyrrole nitrogens is 1. The van der Waals surface area contributed by atoms with Gasteiger partial charge in [-0.25, -0.2) is 4.98 Å². The zero-order valence-electron chi connectivity index (χ0n) is 14.1. The van der Waals surface area contributed by atoms with Crippen LogP contribution in [0.15, 0.2) is 12.4 Å². The van der Waals surface area contributed by atoms with Crippen molar-refractivity contribution in [3.8, 4) is 0 Å². The second-order valence-electron chi connectivity index (χ2n) is 4.47. The zero-order chi connectivity index (χ0) is 17.3. The van der Waals surface area contributed by atoms with Crippen LogP contribution in [0.2, 0.25) is 0 Å². The third-order valence-electron chi connectivity index (χ3n) is 2.90. The minimum atomic E-state index is -3.72. The Morgan fingerprint density at radius 1 is 0.957 bits per heavy atom. The molecule has 0 saturated carbocycles. The molecule has 1 heterocycles. The molecule has 8 nitrogen and oxygen atoms in total. The van der Waals surface area contributed by atoms with Gasteiger partial charge in [0.25, 0.3) is 0 Å². The molecule has 10 heteroatoms. The summed E-state index contributed by atoms with van der Waals surface area (Å²) in [6.07, 6.45) is 3.26. The molecule has 0 aromatic carbocycles. The van der Waals surface area contributed by atoms with E-state index in [0.717, 1.165) is 0 Å². The van der Waals surface area contributed by atoms with E-state index in [1.165, 1.54) is 0 Å². The molecule has 0 amide bonds. The first kappa shape index (κ1) is 20.6. The predicted molar refractivity (Wildman–Crippen MR) is 87.8 cm³/mol. The summed E-state index contributed by atoms with van der Waals surface area (Å²) < 4.78 is 48.0. The van der Waals surface area contributed by atoms with Gasteiger partial charge in [0, 0.05) is 18.8 Å². The van der Waals surface area contributed by atoms with Gasteiger partial charge in [0.1, 0.15) is 5.82 Å². The smallest absolute Gasteiger partial charge is 0.346 e. The summed E-state index contributed by atoms with van der Waals surface area (Å²) >= 11 is 0. The molecule has 1 rings (SSSR count). The van der Waals surface area contributed by atoms with Crippen LogP contribution in [0.1, 0.15) is 33.5 Å². The molecule has 1 aromatic rings. The summed E-state index contributed by atoms with van der Waals surface area (Å²) in [5, 5.41) is -1.08. The summed E-state index contributed by atoms with van der Waals surface area (Å²) in [7, 11) is -7.45. The van der Waals surface area contributed by atoms with Crippen molar-refractivity contribution in [3.05, 3.63) is 18.2 Å². The summed E-state index contributed by atoms with van der Waals surface area (Å²) in [5.41, 5.74) is 0. The van der Waals surface area contributed by atoms with Gasteiger partial charge in [0.15, 0.2) is 5.40 Å². The Morgan fingerprint density at radius 2 is 1.39 bits per heavy atom. The van der Waals surface area contributed by atoms with Crippen LogP contribution in [0, 0.1) is 0 Å². The second kappa shape index (κ2) is 9.72. The maximum atomic E-state index is 13.2. The Bertz CT molecular complexity index is 487. The molecule has 0 aliphatic heterocycles. The van der Waals surface area contributed by atoms with Crippen LogP contribution in [-0.2, 0) is 33.6 Å². The highest BCUT2D eigenvalue weighted by atomic mass is 31.2. The van der Waals surface area contributed by atoms with Crippen molar-refractivity contribution >= 4 is 15.2 Å². The van der Waals surface area contributed by atoms with Crippen molar-refractivity contribution < 1.29 is 27.2 Å². The van der Waals surface area contributed by atoms with E-state index in [1.54, 1.807) is 40.1 Å². The standard InChI is InChI=1S/C13H26N2O6P2/c1-5-18-22(16,19-6-2)13(11-12-14-9-10-15-12)23(17,20-7-3)21-8-4/h9-10,13H,5-8,11H2,1-4H3,(H,14,15). The second-order valence-corrected chi connectivity index (χ2v) is 9.32. The fourth-order valence-corrected chi connectivity index (χ4v) is 7.37. The topological polar surface area (TPSA) is 99.7 Å². The molecule has 1 N–H and O–H groups in total. The third-order valence-corrected chi connectivity index (χ3v) is 8.89. The van der Waals surface area contributed by atoms with Gasteiger partial charge in [0.05, 0.1) is 26.4 Å². The van der Waals surface area contributed by atoms with E-state index in [1.807, 2.05) is 0 Å². The van der Waals surface area contributed by atoms with Crippen molar-refractivity contribution in [2.24, 2.45) is 0 Å². The van der Waals surface area contributed by atoms with Gasteiger partial charge in [0.2, 0.25) is 0 Å². The number of hydrogen-bond donors (Lipinski definition) is 1. The normalized spacial score (nSPS) is 12.9. The third kappa shape index (κ3) is 5.52. The van der Waals surface area contributed by atoms with Crippen LogP contribution >= 0.6 is 15.2 Å². The molecule has 134 valence electrons. The van der Waals surface area contributed by atoms with Gasteiger partial charge >= 0.3 is 15.2 Å². The fourth-order valence-electron chi connectivity index (χ4n) is 2.12. The maximum absolute atomic E-state index is 13.2. The minimum absolute atomic E-state index is 0.0710. The van der Waals surface area contributed by atoms with Crippen molar-refractivity contribution in [1.82, 2.24) is 9.97 Å². The quantitative estimate of drug-likeness (QED) is 0.560. The molecule has 0 fully saturated rings. The SMILES string of the molecule is CCOP(=O)(OCC)C(Cc1ncc[nH]1)P(=O)(OCC)OCC. The number of aromatic amines is 1. The molecule has 0 spiro atoms. The van der Waals surface area contributed by atoms with Gasteiger partial charge in [-0.1, -0.05) is 0 Å². The Morgan fingerprint density at radius 3 is 1.70 bits per heavy atom. The number of nitrogens with one attached hydrogen (secondary N) is 1. The van der Waals surface area contributed by atoms with E-state index in [9.17, 15) is 9.13 Å². The van der Waals surface area contributed by atoms with E-state index in [4.69, 9.17) is 18.1 Å². The Hall–Kier alpha value is -0.490. The number of hydrogen-bond acceptors (Lipinski definition) is 7. The molecule has 0 unspecified atom stereocenters. The average Bonchev–Trinajstić information content (AvgIpc) is 2.98. The Labute approximate surface area is 137 Å². The van der Waals surface area contributed by atoms with Gasteiger partial charge < -0.3 is 23.1 Å². The van der Waals surface area contributed by atoms with Crippen LogP contribution in [-0.4, -0.2) is 41.8 Å². The van der Waals surface area contributed by atoms with Gasteiger partial charge in [-0.3, -0.25) is 9.13 Å². The average molecular weight is 368 g/mol. The maximum Gasteiger partial charge on any atom is 0.346 e. The lowest BCUT2D eigenvalue weighted by atomic mass is 10.5. The minimum Gasteiger partial charge on any atom is -0.349 e. The zero-order valence-corrected chi connectivity index (χ0v) is 15.8. The van der Waals surface area contributed by atoms with E-state index >= 15 is 0 Å². The molecule has 0 aliphatic carbocycles. The van der Waals surface area contributed by atoms with E-state index in [2.05, 4.69) is 9.97 Å². The summed E-state index contributed by atoms with van der Waals surface area (Å²) in [6.45, 7) is 7.41. The Balaban J connectivity index is 3.27. The van der Waals surface area contributed by atoms with Gasteiger partial charge in [-0.15, -0.1) is 0 Å². The molecule has 23 heavy (non-hydrogen) atoms. The lowest BCUT2D eigenvalue weighted by Gasteiger charge is -2.30. The van der Waals surface area contributed by atoms with Crippen LogP contribution in [0.3, 0.4) is 0 Å². The molecular weight excluding hydrogens is 342 g/mol. The first-order valence-corrected chi connectivity index (χ1v) is 10.9. The molecule has 0 aliphatic rings. The lowest BCUT2D eigenvalue weighted by Crippen LogP contribution is -2.20. The molecule has 0 bridgehead atoms. The summed E-state index contributed by atoms with van der Waals surface area (Å²) in [5.74, 6) is 0.509. The van der Waals surface area contributed by atoms with E-state index in [-0.39, 0.29) is 32.8 Å². The summed E-state index contributed by atoms with van der Waals surface area (Å²) in [4.78, 5) is 7.01. The van der Waals surface area contributed by atoms with Crippen LogP contribution < -0.4 is 0 Å². The largest absolute Gasteiger partial charge is 0.349 e. The number of aromatic nitrogens is 2. The van der Waals surface area contributed by atoms with E-state index in [0.29, 0.717) is 5.82 Å². The molecule has 0 atom stereocenters. The lowest BCUT2D eigenvalue weighted by molar-refractivity contribution is 0.194. The van der Waals surface area contributed by atoms with Crippen molar-refractivity contribution in [1.29, 1.82) is 0 Å². The van der Waals surface area contributed by atoms with Crippen LogP contribution in [0.5, 0.6) is 0 Å². The van der Waals surface area contributed by atoms with Crippen LogP contribution in [0.4, 0.5) is 0 Å². The fraction of sp³-hybridized carbons (Fsp3) is 0.769. The van der Waals surface area contributed by atoms with Gasteiger partial charge in [-0.2, -0.15) is 0 Å². The number of rotatable bonds is 12. The summed E-state index contributed by atoms with van der Waals surface area (Å²) in [6, 6.07) is 0.